The molecule has 0 saturated carbocycles. The lowest BCUT2D eigenvalue weighted by atomic mass is 10.0. The van der Waals surface area contributed by atoms with Gasteiger partial charge in [-0.3, -0.25) is 14.5 Å². The van der Waals surface area contributed by atoms with E-state index >= 15 is 0 Å². The summed E-state index contributed by atoms with van der Waals surface area (Å²) in [6.45, 7) is 5.13. The Morgan fingerprint density at radius 2 is 1.74 bits per heavy atom. The Bertz CT molecular complexity index is 1010. The summed E-state index contributed by atoms with van der Waals surface area (Å²) in [7, 11) is 0. The topological polar surface area (TPSA) is 77.1 Å². The van der Waals surface area contributed by atoms with E-state index in [-0.39, 0.29) is 24.3 Å². The number of unbranched alkanes of at least 4 members (excludes halogenated alkanes) is 2. The van der Waals surface area contributed by atoms with Crippen LogP contribution in [-0.4, -0.2) is 36.7 Å². The van der Waals surface area contributed by atoms with Crippen LogP contribution in [0.2, 0.25) is 0 Å². The SMILES string of the molecule is CCCCCN1C(=O)C(Nc2ccc3c(c2)OCO3)=C(c2ccc(OCC)cc2)C1=O. The zero-order valence-corrected chi connectivity index (χ0v) is 17.8. The Hall–Kier alpha value is -3.48. The largest absolute Gasteiger partial charge is 0.494 e. The van der Waals surface area contributed by atoms with Crippen molar-refractivity contribution in [2.45, 2.75) is 33.1 Å². The van der Waals surface area contributed by atoms with Crippen LogP contribution in [0.25, 0.3) is 5.57 Å². The molecule has 0 atom stereocenters. The fourth-order valence-corrected chi connectivity index (χ4v) is 3.69. The van der Waals surface area contributed by atoms with Crippen molar-refractivity contribution in [3.8, 4) is 17.2 Å². The second kappa shape index (κ2) is 9.12. The first kappa shape index (κ1) is 20.8. The van der Waals surface area contributed by atoms with Crippen LogP contribution in [0.3, 0.4) is 0 Å². The highest BCUT2D eigenvalue weighted by Gasteiger charge is 2.39. The van der Waals surface area contributed by atoms with Crippen molar-refractivity contribution in [1.82, 2.24) is 4.90 Å². The van der Waals surface area contributed by atoms with Gasteiger partial charge < -0.3 is 19.5 Å². The minimum atomic E-state index is -0.317. The minimum absolute atomic E-state index is 0.168. The molecule has 2 aliphatic heterocycles. The molecular weight excluding hydrogens is 396 g/mol. The van der Waals surface area contributed by atoms with Crippen LogP contribution in [0.1, 0.15) is 38.7 Å². The molecule has 0 aromatic heterocycles. The van der Waals surface area contributed by atoms with E-state index in [2.05, 4.69) is 12.2 Å². The van der Waals surface area contributed by atoms with Crippen LogP contribution in [0, 0.1) is 0 Å². The molecule has 0 spiro atoms. The lowest BCUT2D eigenvalue weighted by molar-refractivity contribution is -0.136. The van der Waals surface area contributed by atoms with Gasteiger partial charge >= 0.3 is 0 Å². The number of ether oxygens (including phenoxy) is 3. The summed E-state index contributed by atoms with van der Waals surface area (Å²) in [6.07, 6.45) is 2.75. The average molecular weight is 422 g/mol. The molecule has 0 saturated heterocycles. The fourth-order valence-electron chi connectivity index (χ4n) is 3.69. The molecule has 0 aliphatic carbocycles. The van der Waals surface area contributed by atoms with E-state index in [9.17, 15) is 9.59 Å². The number of rotatable bonds is 9. The molecule has 2 aliphatic rings. The van der Waals surface area contributed by atoms with Crippen molar-refractivity contribution in [3.63, 3.8) is 0 Å². The number of nitrogens with one attached hydrogen (secondary N) is 1. The Labute approximate surface area is 181 Å². The third-order valence-electron chi connectivity index (χ3n) is 5.25. The summed E-state index contributed by atoms with van der Waals surface area (Å²) < 4.78 is 16.3. The molecule has 31 heavy (non-hydrogen) atoms. The van der Waals surface area contributed by atoms with Gasteiger partial charge in [0.1, 0.15) is 11.4 Å². The summed E-state index contributed by atoms with van der Waals surface area (Å²) >= 11 is 0. The van der Waals surface area contributed by atoms with Crippen molar-refractivity contribution in [2.75, 3.05) is 25.3 Å². The molecular formula is C24H26N2O5. The molecule has 0 unspecified atom stereocenters. The lowest BCUT2D eigenvalue weighted by Crippen LogP contribution is -2.33. The number of carbonyl (C=O) groups excluding carboxylic acids is 2. The molecule has 7 nitrogen and oxygen atoms in total. The second-order valence-corrected chi connectivity index (χ2v) is 7.37. The Morgan fingerprint density at radius 1 is 0.968 bits per heavy atom. The molecule has 2 aromatic rings. The highest BCUT2D eigenvalue weighted by molar-refractivity contribution is 6.36. The van der Waals surface area contributed by atoms with Crippen LogP contribution < -0.4 is 19.5 Å². The van der Waals surface area contributed by atoms with Crippen molar-refractivity contribution in [2.24, 2.45) is 0 Å². The highest BCUT2D eigenvalue weighted by Crippen LogP contribution is 2.36. The maximum Gasteiger partial charge on any atom is 0.278 e. The van der Waals surface area contributed by atoms with Crippen LogP contribution in [0.5, 0.6) is 17.2 Å². The quantitative estimate of drug-likeness (QED) is 0.482. The Kier molecular flexibility index (Phi) is 6.11. The molecule has 2 amide bonds. The number of amides is 2. The molecule has 1 N–H and O–H groups in total. The van der Waals surface area contributed by atoms with Gasteiger partial charge in [0.25, 0.3) is 11.8 Å². The van der Waals surface area contributed by atoms with Crippen molar-refractivity contribution < 1.29 is 23.8 Å². The number of hydrogen-bond donors (Lipinski definition) is 1. The van der Waals surface area contributed by atoms with Crippen LogP contribution >= 0.6 is 0 Å². The summed E-state index contributed by atoms with van der Waals surface area (Å²) in [5.41, 5.74) is 1.95. The molecule has 2 aromatic carbocycles. The number of imide groups is 1. The third kappa shape index (κ3) is 4.21. The summed E-state index contributed by atoms with van der Waals surface area (Å²) in [4.78, 5) is 27.8. The average Bonchev–Trinajstić information content (AvgIpc) is 3.33. The maximum absolute atomic E-state index is 13.2. The number of hydrogen-bond acceptors (Lipinski definition) is 6. The molecule has 0 bridgehead atoms. The van der Waals surface area contributed by atoms with Gasteiger partial charge in [-0.15, -0.1) is 0 Å². The van der Waals surface area contributed by atoms with E-state index < -0.39 is 0 Å². The predicted octanol–water partition coefficient (Wildman–Crippen LogP) is 4.20. The Morgan fingerprint density at radius 3 is 2.48 bits per heavy atom. The van der Waals surface area contributed by atoms with Gasteiger partial charge in [0, 0.05) is 18.3 Å². The molecule has 7 heteroatoms. The van der Waals surface area contributed by atoms with Crippen LogP contribution in [-0.2, 0) is 9.59 Å². The molecule has 162 valence electrons. The normalized spacial score (nSPS) is 15.1. The maximum atomic E-state index is 13.2. The molecule has 2 heterocycles. The van der Waals surface area contributed by atoms with E-state index in [4.69, 9.17) is 14.2 Å². The van der Waals surface area contributed by atoms with E-state index in [0.29, 0.717) is 47.2 Å². The lowest BCUT2D eigenvalue weighted by Gasteiger charge is -2.15. The minimum Gasteiger partial charge on any atom is -0.494 e. The van der Waals surface area contributed by atoms with Gasteiger partial charge in [-0.1, -0.05) is 31.9 Å². The summed E-state index contributed by atoms with van der Waals surface area (Å²) in [6, 6.07) is 12.6. The number of fused-ring (bicyclic) bond motifs is 1. The Balaban J connectivity index is 1.67. The first-order chi connectivity index (χ1) is 15.1. The zero-order chi connectivity index (χ0) is 21.8. The fraction of sp³-hybridized carbons (Fsp3) is 0.333. The van der Waals surface area contributed by atoms with Gasteiger partial charge in [0.15, 0.2) is 11.5 Å². The van der Waals surface area contributed by atoms with E-state index in [1.54, 1.807) is 18.2 Å². The first-order valence-corrected chi connectivity index (χ1v) is 10.6. The van der Waals surface area contributed by atoms with Crippen LogP contribution in [0.4, 0.5) is 5.69 Å². The number of anilines is 1. The highest BCUT2D eigenvalue weighted by atomic mass is 16.7. The van der Waals surface area contributed by atoms with Crippen LogP contribution in [0.15, 0.2) is 48.2 Å². The standard InChI is InChI=1S/C24H26N2O5/c1-3-5-6-13-26-23(27)21(16-7-10-18(11-8-16)29-4-2)22(24(26)28)25-17-9-12-19-20(14-17)31-15-30-19/h7-12,14,25H,3-6,13,15H2,1-2H3. The predicted molar refractivity (Wildman–Crippen MR) is 117 cm³/mol. The monoisotopic (exact) mass is 422 g/mol. The number of nitrogens with zero attached hydrogens (tertiary/aromatic N) is 1. The molecule has 0 fully saturated rings. The van der Waals surface area contributed by atoms with Gasteiger partial charge in [0.05, 0.1) is 12.2 Å². The van der Waals surface area contributed by atoms with E-state index in [1.807, 2.05) is 31.2 Å². The van der Waals surface area contributed by atoms with Gasteiger partial charge in [-0.05, 0) is 43.2 Å². The van der Waals surface area contributed by atoms with E-state index in [0.717, 1.165) is 19.3 Å². The summed E-state index contributed by atoms with van der Waals surface area (Å²) in [5.74, 6) is 1.37. The number of benzene rings is 2. The van der Waals surface area contributed by atoms with Gasteiger partial charge in [-0.25, -0.2) is 0 Å². The smallest absolute Gasteiger partial charge is 0.278 e. The van der Waals surface area contributed by atoms with E-state index in [1.165, 1.54) is 4.90 Å². The number of carbonyl (C=O) groups is 2. The first-order valence-electron chi connectivity index (χ1n) is 10.6. The van der Waals surface area contributed by atoms with Crippen molar-refractivity contribution >= 4 is 23.1 Å². The second-order valence-electron chi connectivity index (χ2n) is 7.37. The molecule has 0 radical (unpaired) electrons. The van der Waals surface area contributed by atoms with Crippen molar-refractivity contribution in [3.05, 3.63) is 53.7 Å². The van der Waals surface area contributed by atoms with Crippen molar-refractivity contribution in [1.29, 1.82) is 0 Å². The van der Waals surface area contributed by atoms with Gasteiger partial charge in [-0.2, -0.15) is 0 Å². The third-order valence-corrected chi connectivity index (χ3v) is 5.25. The zero-order valence-electron chi connectivity index (χ0n) is 17.8. The summed E-state index contributed by atoms with van der Waals surface area (Å²) in [5, 5.41) is 3.16. The molecule has 4 rings (SSSR count). The van der Waals surface area contributed by atoms with Gasteiger partial charge in [0.2, 0.25) is 6.79 Å².